The van der Waals surface area contributed by atoms with Crippen molar-refractivity contribution < 1.29 is 14.3 Å². The Hall–Kier alpha value is -2.66. The lowest BCUT2D eigenvalue weighted by Crippen LogP contribution is -2.13. The number of halogens is 1. The van der Waals surface area contributed by atoms with Gasteiger partial charge in [-0.25, -0.2) is 0 Å². The number of nitrogens with one attached hydrogen (secondary N) is 1. The summed E-state index contributed by atoms with van der Waals surface area (Å²) in [5, 5.41) is 2.80. The smallest absolute Gasteiger partial charge is 0.267 e. The van der Waals surface area contributed by atoms with Gasteiger partial charge in [-0.05, 0) is 25.5 Å². The zero-order valence-electron chi connectivity index (χ0n) is 14.2. The number of carbonyl (C=O) groups excluding carboxylic acids is 1. The molecule has 0 aliphatic heterocycles. The van der Waals surface area contributed by atoms with Crippen molar-refractivity contribution in [3.63, 3.8) is 0 Å². The van der Waals surface area contributed by atoms with Crippen LogP contribution in [-0.4, -0.2) is 19.1 Å². The van der Waals surface area contributed by atoms with Gasteiger partial charge in [-0.2, -0.15) is 0 Å². The molecule has 5 nitrogen and oxygen atoms in total. The van der Waals surface area contributed by atoms with Crippen molar-refractivity contribution in [3.8, 4) is 11.5 Å². The minimum atomic E-state index is -0.446. The molecule has 3 N–H and O–H groups in total. The predicted octanol–water partition coefficient (Wildman–Crippen LogP) is 4.28. The second-order valence-corrected chi connectivity index (χ2v) is 5.52. The number of ether oxygens (including phenoxy) is 2. The van der Waals surface area contributed by atoms with Crippen LogP contribution in [-0.2, 0) is 4.79 Å². The normalized spacial score (nSPS) is 11.1. The number of benzene rings is 2. The van der Waals surface area contributed by atoms with Crippen LogP contribution in [0.5, 0.6) is 11.5 Å². The van der Waals surface area contributed by atoms with Gasteiger partial charge >= 0.3 is 0 Å². The summed E-state index contributed by atoms with van der Waals surface area (Å²) in [5.74, 6) is 0.490. The summed E-state index contributed by atoms with van der Waals surface area (Å²) in [7, 11) is 0. The van der Waals surface area contributed by atoms with Gasteiger partial charge in [-0.3, -0.25) is 4.79 Å². The molecule has 0 atom stereocenters. The van der Waals surface area contributed by atoms with E-state index in [-0.39, 0.29) is 5.03 Å². The summed E-state index contributed by atoms with van der Waals surface area (Å²) >= 11 is 6.13. The van der Waals surface area contributed by atoms with Crippen LogP contribution in [0.25, 0.3) is 6.08 Å². The van der Waals surface area contributed by atoms with Gasteiger partial charge in [0.15, 0.2) is 0 Å². The first-order chi connectivity index (χ1) is 12.0. The Labute approximate surface area is 152 Å². The largest absolute Gasteiger partial charge is 0.492 e. The van der Waals surface area contributed by atoms with E-state index in [1.54, 1.807) is 18.2 Å². The molecule has 2 aromatic carbocycles. The minimum Gasteiger partial charge on any atom is -0.492 e. The molecule has 0 aliphatic rings. The Morgan fingerprint density at radius 1 is 1.12 bits per heavy atom. The Bertz CT molecular complexity index is 761. The van der Waals surface area contributed by atoms with E-state index in [2.05, 4.69) is 5.32 Å². The third-order valence-electron chi connectivity index (χ3n) is 3.27. The Morgan fingerprint density at radius 2 is 1.76 bits per heavy atom. The van der Waals surface area contributed by atoms with Crippen molar-refractivity contribution in [1.82, 2.24) is 0 Å². The molecule has 0 unspecified atom stereocenters. The molecule has 0 aliphatic carbocycles. The summed E-state index contributed by atoms with van der Waals surface area (Å²) < 4.78 is 11.0. The van der Waals surface area contributed by atoms with Crippen molar-refractivity contribution in [2.24, 2.45) is 0 Å². The molecule has 2 rings (SSSR count). The zero-order valence-corrected chi connectivity index (χ0v) is 15.0. The average molecular weight is 361 g/mol. The van der Waals surface area contributed by atoms with Crippen molar-refractivity contribution in [2.75, 3.05) is 24.3 Å². The van der Waals surface area contributed by atoms with Gasteiger partial charge in [0.2, 0.25) is 0 Å². The quantitative estimate of drug-likeness (QED) is 0.570. The van der Waals surface area contributed by atoms with Gasteiger partial charge in [0, 0.05) is 12.1 Å². The molecule has 132 valence electrons. The molecule has 25 heavy (non-hydrogen) atoms. The highest BCUT2D eigenvalue weighted by molar-refractivity contribution is 6.45. The van der Waals surface area contributed by atoms with Crippen molar-refractivity contribution in [2.45, 2.75) is 13.8 Å². The summed E-state index contributed by atoms with van der Waals surface area (Å²) in [5.41, 5.74) is 7.66. The fourth-order valence-corrected chi connectivity index (χ4v) is 2.35. The van der Waals surface area contributed by atoms with Crippen molar-refractivity contribution >= 4 is 35.0 Å². The van der Waals surface area contributed by atoms with Crippen LogP contribution >= 0.6 is 11.6 Å². The Kier molecular flexibility index (Phi) is 6.71. The van der Waals surface area contributed by atoms with Gasteiger partial charge in [0.1, 0.15) is 16.5 Å². The molecule has 0 fully saturated rings. The molecule has 0 saturated carbocycles. The molecule has 0 spiro atoms. The second-order valence-electron chi connectivity index (χ2n) is 5.11. The fourth-order valence-electron chi connectivity index (χ4n) is 2.17. The molecular weight excluding hydrogens is 340 g/mol. The highest BCUT2D eigenvalue weighted by Gasteiger charge is 2.14. The van der Waals surface area contributed by atoms with Crippen LogP contribution in [0.4, 0.5) is 11.4 Å². The Balaban J connectivity index is 2.26. The van der Waals surface area contributed by atoms with E-state index in [1.807, 2.05) is 44.2 Å². The molecular formula is C19H21ClN2O3. The molecule has 0 radical (unpaired) electrons. The van der Waals surface area contributed by atoms with Gasteiger partial charge in [0.25, 0.3) is 5.91 Å². The van der Waals surface area contributed by atoms with Crippen LogP contribution in [0.15, 0.2) is 47.5 Å². The number of nitrogens with two attached hydrogens (primary N) is 1. The summed E-state index contributed by atoms with van der Waals surface area (Å²) in [6, 6.07) is 12.6. The maximum absolute atomic E-state index is 12.4. The molecule has 0 heterocycles. The number of rotatable bonds is 7. The number of hydrogen-bond donors (Lipinski definition) is 2. The van der Waals surface area contributed by atoms with E-state index in [4.69, 9.17) is 26.8 Å². The maximum atomic E-state index is 12.4. The highest BCUT2D eigenvalue weighted by Crippen LogP contribution is 2.35. The van der Waals surface area contributed by atoms with E-state index in [0.29, 0.717) is 36.1 Å². The summed E-state index contributed by atoms with van der Waals surface area (Å²) in [6.45, 7) is 4.60. The number of amides is 1. The molecule has 0 aromatic heterocycles. The standard InChI is InChI=1S/C19H21ClN2O3/c1-3-24-17-12-16(18(25-4-2)11-15(17)21)22-19(23)14(20)10-13-8-6-5-7-9-13/h5-12H,3-4,21H2,1-2H3,(H,22,23)/b14-10-. The van der Waals surface area contributed by atoms with E-state index in [9.17, 15) is 4.79 Å². The van der Waals surface area contributed by atoms with E-state index in [0.717, 1.165) is 5.56 Å². The van der Waals surface area contributed by atoms with Gasteiger partial charge in [-0.15, -0.1) is 0 Å². The van der Waals surface area contributed by atoms with Gasteiger partial charge in [-0.1, -0.05) is 41.9 Å². The van der Waals surface area contributed by atoms with Crippen LogP contribution < -0.4 is 20.5 Å². The van der Waals surface area contributed by atoms with E-state index < -0.39 is 5.91 Å². The first-order valence-electron chi connectivity index (χ1n) is 7.97. The lowest BCUT2D eigenvalue weighted by molar-refractivity contribution is -0.112. The van der Waals surface area contributed by atoms with Crippen LogP contribution in [0.2, 0.25) is 0 Å². The van der Waals surface area contributed by atoms with E-state index in [1.165, 1.54) is 0 Å². The first kappa shape index (κ1) is 18.7. The maximum Gasteiger partial charge on any atom is 0.267 e. The topological polar surface area (TPSA) is 73.6 Å². The SMILES string of the molecule is CCOc1cc(NC(=O)/C(Cl)=C/c2ccccc2)c(OCC)cc1N. The predicted molar refractivity (Wildman–Crippen MR) is 102 cm³/mol. The zero-order chi connectivity index (χ0) is 18.2. The number of carbonyl (C=O) groups is 1. The van der Waals surface area contributed by atoms with E-state index >= 15 is 0 Å². The van der Waals surface area contributed by atoms with Gasteiger partial charge in [0.05, 0.1) is 24.6 Å². The molecule has 6 heteroatoms. The molecule has 0 saturated heterocycles. The molecule has 2 aromatic rings. The van der Waals surface area contributed by atoms with Crippen LogP contribution in [0.3, 0.4) is 0 Å². The highest BCUT2D eigenvalue weighted by atomic mass is 35.5. The lowest BCUT2D eigenvalue weighted by atomic mass is 10.2. The minimum absolute atomic E-state index is 0.0587. The summed E-state index contributed by atoms with van der Waals surface area (Å²) in [6.07, 6.45) is 1.60. The van der Waals surface area contributed by atoms with Gasteiger partial charge < -0.3 is 20.5 Å². The van der Waals surface area contributed by atoms with Crippen LogP contribution in [0, 0.1) is 0 Å². The first-order valence-corrected chi connectivity index (χ1v) is 8.35. The summed E-state index contributed by atoms with van der Waals surface area (Å²) in [4.78, 5) is 12.4. The Morgan fingerprint density at radius 3 is 2.40 bits per heavy atom. The van der Waals surface area contributed by atoms with Crippen molar-refractivity contribution in [3.05, 3.63) is 53.1 Å². The number of hydrogen-bond acceptors (Lipinski definition) is 4. The second kappa shape index (κ2) is 8.99. The molecule has 1 amide bonds. The monoisotopic (exact) mass is 360 g/mol. The molecule has 0 bridgehead atoms. The fraction of sp³-hybridized carbons (Fsp3) is 0.211. The lowest BCUT2D eigenvalue weighted by Gasteiger charge is -2.15. The third-order valence-corrected chi connectivity index (χ3v) is 3.55. The average Bonchev–Trinajstić information content (AvgIpc) is 2.60. The van der Waals surface area contributed by atoms with Crippen molar-refractivity contribution in [1.29, 1.82) is 0 Å². The number of anilines is 2. The third kappa shape index (κ3) is 5.16. The van der Waals surface area contributed by atoms with Crippen LogP contribution in [0.1, 0.15) is 19.4 Å². The number of nitrogen functional groups attached to an aromatic ring is 1.